The van der Waals surface area contributed by atoms with Crippen LogP contribution in [0.2, 0.25) is 0 Å². The molecule has 1 N–H and O–H groups in total. The molecule has 2 amide bonds. The number of nitrogens with one attached hydrogen (secondary N) is 1. The molecular formula is C20H24N4O3. The fourth-order valence-corrected chi connectivity index (χ4v) is 3.78. The van der Waals surface area contributed by atoms with Crippen molar-refractivity contribution >= 4 is 33.9 Å². The SMILES string of the molecule is CN(C)C(=O)n1c(C(=O)NCC2CCCO2)cc2c1c1ccccc1n2C. The van der Waals surface area contributed by atoms with E-state index in [-0.39, 0.29) is 18.0 Å². The Bertz CT molecular complexity index is 1020. The predicted molar refractivity (Wildman–Crippen MR) is 104 cm³/mol. The van der Waals surface area contributed by atoms with Gasteiger partial charge in [-0.2, -0.15) is 0 Å². The molecule has 0 spiro atoms. The Hall–Kier alpha value is -2.80. The second-order valence-electron chi connectivity index (χ2n) is 7.20. The summed E-state index contributed by atoms with van der Waals surface area (Å²) in [6.07, 6.45) is 2.02. The first-order valence-corrected chi connectivity index (χ1v) is 9.19. The predicted octanol–water partition coefficient (Wildman–Crippen LogP) is 2.57. The van der Waals surface area contributed by atoms with Crippen LogP contribution in [0.3, 0.4) is 0 Å². The summed E-state index contributed by atoms with van der Waals surface area (Å²) in [5.41, 5.74) is 2.98. The summed E-state index contributed by atoms with van der Waals surface area (Å²) in [7, 11) is 5.32. The van der Waals surface area contributed by atoms with Crippen LogP contribution in [0.25, 0.3) is 21.9 Å². The maximum absolute atomic E-state index is 12.9. The van der Waals surface area contributed by atoms with Crippen LogP contribution in [-0.4, -0.2) is 59.3 Å². The van der Waals surface area contributed by atoms with Gasteiger partial charge in [0.2, 0.25) is 0 Å². The van der Waals surface area contributed by atoms with Gasteiger partial charge in [-0.25, -0.2) is 4.79 Å². The molecule has 1 fully saturated rings. The van der Waals surface area contributed by atoms with Crippen LogP contribution in [0.15, 0.2) is 30.3 Å². The number of aromatic nitrogens is 2. The molecule has 1 atom stereocenters. The Morgan fingerprint density at radius 1 is 1.26 bits per heavy atom. The van der Waals surface area contributed by atoms with E-state index >= 15 is 0 Å². The summed E-state index contributed by atoms with van der Waals surface area (Å²) in [4.78, 5) is 27.3. The van der Waals surface area contributed by atoms with Crippen LogP contribution < -0.4 is 5.32 Å². The van der Waals surface area contributed by atoms with E-state index in [0.29, 0.717) is 12.2 Å². The summed E-state index contributed by atoms with van der Waals surface area (Å²) in [5, 5.41) is 3.88. The van der Waals surface area contributed by atoms with Crippen LogP contribution in [0, 0.1) is 0 Å². The number of carbonyl (C=O) groups excluding carboxylic acids is 2. The molecule has 1 unspecified atom stereocenters. The average molecular weight is 368 g/mol. The Labute approximate surface area is 157 Å². The fourth-order valence-electron chi connectivity index (χ4n) is 3.78. The molecule has 1 saturated heterocycles. The van der Waals surface area contributed by atoms with Crippen LogP contribution >= 0.6 is 0 Å². The van der Waals surface area contributed by atoms with E-state index in [9.17, 15) is 9.59 Å². The van der Waals surface area contributed by atoms with Gasteiger partial charge in [0.1, 0.15) is 5.69 Å². The largest absolute Gasteiger partial charge is 0.376 e. The van der Waals surface area contributed by atoms with Gasteiger partial charge in [0.15, 0.2) is 0 Å². The molecule has 0 aliphatic carbocycles. The van der Waals surface area contributed by atoms with Crippen molar-refractivity contribution in [3.8, 4) is 0 Å². The highest BCUT2D eigenvalue weighted by molar-refractivity contribution is 6.14. The Kier molecular flexibility index (Phi) is 4.39. The van der Waals surface area contributed by atoms with E-state index < -0.39 is 0 Å². The van der Waals surface area contributed by atoms with Gasteiger partial charge in [-0.1, -0.05) is 18.2 Å². The van der Waals surface area contributed by atoms with Crippen molar-refractivity contribution < 1.29 is 14.3 Å². The molecule has 0 bridgehead atoms. The van der Waals surface area contributed by atoms with Gasteiger partial charge in [0.25, 0.3) is 5.91 Å². The van der Waals surface area contributed by atoms with Gasteiger partial charge < -0.3 is 19.5 Å². The highest BCUT2D eigenvalue weighted by Crippen LogP contribution is 2.31. The van der Waals surface area contributed by atoms with Gasteiger partial charge in [-0.15, -0.1) is 0 Å². The van der Waals surface area contributed by atoms with Crippen molar-refractivity contribution in [1.82, 2.24) is 19.4 Å². The number of ether oxygens (including phenoxy) is 1. The molecule has 2 aromatic heterocycles. The number of hydrogen-bond donors (Lipinski definition) is 1. The van der Waals surface area contributed by atoms with Crippen LogP contribution in [0.4, 0.5) is 4.79 Å². The molecule has 1 aliphatic heterocycles. The lowest BCUT2D eigenvalue weighted by atomic mass is 10.2. The molecule has 1 aromatic carbocycles. The van der Waals surface area contributed by atoms with Gasteiger partial charge in [-0.3, -0.25) is 9.36 Å². The molecule has 4 rings (SSSR count). The number of aryl methyl sites for hydroxylation is 1. The van der Waals surface area contributed by atoms with Crippen molar-refractivity contribution in [1.29, 1.82) is 0 Å². The average Bonchev–Trinajstić information content (AvgIpc) is 3.37. The third kappa shape index (κ3) is 2.88. The first-order valence-electron chi connectivity index (χ1n) is 9.19. The number of fused-ring (bicyclic) bond motifs is 3. The summed E-state index contributed by atoms with van der Waals surface area (Å²) >= 11 is 0. The van der Waals surface area contributed by atoms with E-state index in [0.717, 1.165) is 41.4 Å². The smallest absolute Gasteiger partial charge is 0.328 e. The highest BCUT2D eigenvalue weighted by Gasteiger charge is 2.26. The summed E-state index contributed by atoms with van der Waals surface area (Å²) in [6.45, 7) is 1.20. The molecule has 7 nitrogen and oxygen atoms in total. The van der Waals surface area contributed by atoms with Crippen molar-refractivity contribution in [3.63, 3.8) is 0 Å². The number of hydrogen-bond acceptors (Lipinski definition) is 3. The monoisotopic (exact) mass is 368 g/mol. The zero-order chi connectivity index (χ0) is 19.1. The molecule has 0 saturated carbocycles. The van der Waals surface area contributed by atoms with E-state index in [1.54, 1.807) is 20.2 Å². The second-order valence-corrected chi connectivity index (χ2v) is 7.20. The third-order valence-electron chi connectivity index (χ3n) is 5.18. The number of rotatable bonds is 3. The standard InChI is InChI=1S/C20H24N4O3/c1-22(2)20(26)24-17(19(25)21-12-13-7-6-10-27-13)11-16-18(24)14-8-4-5-9-15(14)23(16)3/h4-5,8-9,11,13H,6-7,10,12H2,1-3H3,(H,21,25). The fraction of sp³-hybridized carbons (Fsp3) is 0.400. The minimum absolute atomic E-state index is 0.0529. The zero-order valence-electron chi connectivity index (χ0n) is 15.9. The van der Waals surface area contributed by atoms with E-state index in [2.05, 4.69) is 5.32 Å². The molecule has 142 valence electrons. The van der Waals surface area contributed by atoms with Crippen LogP contribution in [0.1, 0.15) is 23.3 Å². The van der Waals surface area contributed by atoms with E-state index in [1.807, 2.05) is 35.9 Å². The van der Waals surface area contributed by atoms with E-state index in [1.165, 1.54) is 9.47 Å². The summed E-state index contributed by atoms with van der Waals surface area (Å²) in [5.74, 6) is -0.263. The van der Waals surface area contributed by atoms with Crippen LogP contribution in [0.5, 0.6) is 0 Å². The van der Waals surface area contributed by atoms with Crippen LogP contribution in [-0.2, 0) is 11.8 Å². The van der Waals surface area contributed by atoms with Gasteiger partial charge >= 0.3 is 6.03 Å². The normalized spacial score (nSPS) is 16.9. The third-order valence-corrected chi connectivity index (χ3v) is 5.18. The highest BCUT2D eigenvalue weighted by atomic mass is 16.5. The number of benzene rings is 1. The molecule has 27 heavy (non-hydrogen) atoms. The summed E-state index contributed by atoms with van der Waals surface area (Å²) in [6, 6.07) is 9.44. The lowest BCUT2D eigenvalue weighted by Gasteiger charge is -2.16. The maximum atomic E-state index is 12.9. The topological polar surface area (TPSA) is 68.5 Å². The molecule has 0 radical (unpaired) electrons. The molecule has 1 aliphatic rings. The van der Waals surface area contributed by atoms with Gasteiger partial charge in [0, 0.05) is 39.7 Å². The quantitative estimate of drug-likeness (QED) is 0.773. The minimum Gasteiger partial charge on any atom is -0.376 e. The molecule has 7 heteroatoms. The van der Waals surface area contributed by atoms with E-state index in [4.69, 9.17) is 4.74 Å². The first kappa shape index (κ1) is 17.6. The molecular weight excluding hydrogens is 344 g/mol. The lowest BCUT2D eigenvalue weighted by molar-refractivity contribution is 0.0851. The zero-order valence-corrected chi connectivity index (χ0v) is 15.9. The number of para-hydroxylation sites is 1. The second kappa shape index (κ2) is 6.74. The number of amides is 2. The minimum atomic E-state index is -0.263. The van der Waals surface area contributed by atoms with Crippen molar-refractivity contribution in [2.24, 2.45) is 7.05 Å². The molecule has 3 heterocycles. The lowest BCUT2D eigenvalue weighted by Crippen LogP contribution is -2.36. The number of nitrogens with zero attached hydrogens (tertiary/aromatic N) is 3. The van der Waals surface area contributed by atoms with Crippen molar-refractivity contribution in [2.75, 3.05) is 27.2 Å². The Morgan fingerprint density at radius 3 is 2.74 bits per heavy atom. The van der Waals surface area contributed by atoms with Gasteiger partial charge in [0.05, 0.1) is 22.7 Å². The van der Waals surface area contributed by atoms with Gasteiger partial charge in [-0.05, 0) is 25.0 Å². The Balaban J connectivity index is 1.81. The van der Waals surface area contributed by atoms with Crippen molar-refractivity contribution in [3.05, 3.63) is 36.0 Å². The number of carbonyl (C=O) groups is 2. The van der Waals surface area contributed by atoms with Crippen molar-refractivity contribution in [2.45, 2.75) is 18.9 Å². The maximum Gasteiger partial charge on any atom is 0.328 e. The first-order chi connectivity index (χ1) is 13.0. The summed E-state index contributed by atoms with van der Waals surface area (Å²) < 4.78 is 9.11. The Morgan fingerprint density at radius 2 is 2.04 bits per heavy atom. The molecule has 3 aromatic rings.